The van der Waals surface area contributed by atoms with E-state index in [1.807, 2.05) is 36.6 Å². The molecule has 1 fully saturated rings. The van der Waals surface area contributed by atoms with Crippen LogP contribution in [-0.2, 0) is 13.0 Å². The van der Waals surface area contributed by atoms with Crippen LogP contribution in [0.4, 0.5) is 4.79 Å². The lowest BCUT2D eigenvalue weighted by Gasteiger charge is -2.34. The summed E-state index contributed by atoms with van der Waals surface area (Å²) in [6, 6.07) is 6.25. The highest BCUT2D eigenvalue weighted by Gasteiger charge is 2.25. The standard InChI is InChI=1S/C23H30ClN5O3S/c1-5-21-25-15(4)22(31-23(30)26-16-8-10-28(11-9-16)14(2)3)29(21)13-17-12-18(32-27-17)19-6-7-20(24)33-19/h6-7,12,14,16H,5,8-11,13H2,1-4H3,(H,26,30). The van der Waals surface area contributed by atoms with Gasteiger partial charge in [0.1, 0.15) is 17.2 Å². The van der Waals surface area contributed by atoms with E-state index in [0.29, 0.717) is 46.4 Å². The maximum Gasteiger partial charge on any atom is 0.414 e. The van der Waals surface area contributed by atoms with Crippen LogP contribution >= 0.6 is 22.9 Å². The monoisotopic (exact) mass is 491 g/mol. The number of aromatic nitrogens is 3. The van der Waals surface area contributed by atoms with Gasteiger partial charge in [-0.1, -0.05) is 23.7 Å². The highest BCUT2D eigenvalue weighted by molar-refractivity contribution is 7.19. The molecule has 178 valence electrons. The van der Waals surface area contributed by atoms with Crippen molar-refractivity contribution in [3.05, 3.63) is 39.7 Å². The van der Waals surface area contributed by atoms with Crippen LogP contribution in [0.2, 0.25) is 4.34 Å². The van der Waals surface area contributed by atoms with Crippen molar-refractivity contribution in [1.29, 1.82) is 0 Å². The summed E-state index contributed by atoms with van der Waals surface area (Å²) in [5.41, 5.74) is 1.39. The number of imidazole rings is 1. The van der Waals surface area contributed by atoms with Gasteiger partial charge in [-0.3, -0.25) is 4.57 Å². The number of aryl methyl sites for hydroxylation is 2. The summed E-state index contributed by atoms with van der Waals surface area (Å²) in [4.78, 5) is 20.6. The summed E-state index contributed by atoms with van der Waals surface area (Å²) >= 11 is 7.47. The number of hydrogen-bond acceptors (Lipinski definition) is 7. The normalized spacial score (nSPS) is 15.3. The molecule has 1 aliphatic heterocycles. The van der Waals surface area contributed by atoms with Crippen LogP contribution in [0.3, 0.4) is 0 Å². The fourth-order valence-electron chi connectivity index (χ4n) is 4.13. The molecule has 0 atom stereocenters. The Morgan fingerprint density at radius 1 is 1.36 bits per heavy atom. The first-order valence-electron chi connectivity index (χ1n) is 11.3. The second kappa shape index (κ2) is 10.3. The van der Waals surface area contributed by atoms with Gasteiger partial charge in [0.25, 0.3) is 0 Å². The van der Waals surface area contributed by atoms with E-state index >= 15 is 0 Å². The minimum atomic E-state index is -0.445. The SMILES string of the molecule is CCc1nc(C)c(OC(=O)NC2CCN(C(C)C)CC2)n1Cc1cc(-c2ccc(Cl)s2)on1. The van der Waals surface area contributed by atoms with Crippen LogP contribution in [0.25, 0.3) is 10.6 Å². The molecule has 3 aromatic rings. The molecule has 0 radical (unpaired) electrons. The van der Waals surface area contributed by atoms with Gasteiger partial charge in [0, 0.05) is 37.7 Å². The van der Waals surface area contributed by atoms with E-state index in [1.54, 1.807) is 0 Å². The maximum absolute atomic E-state index is 12.7. The summed E-state index contributed by atoms with van der Waals surface area (Å²) < 4.78 is 13.9. The lowest BCUT2D eigenvalue weighted by atomic mass is 10.0. The molecule has 10 heteroatoms. The maximum atomic E-state index is 12.7. The van der Waals surface area contributed by atoms with Crippen LogP contribution in [0, 0.1) is 6.92 Å². The number of piperidine rings is 1. The third kappa shape index (κ3) is 5.59. The van der Waals surface area contributed by atoms with Crippen LogP contribution in [0.1, 0.15) is 50.8 Å². The van der Waals surface area contributed by atoms with Crippen molar-refractivity contribution in [1.82, 2.24) is 24.9 Å². The second-order valence-electron chi connectivity index (χ2n) is 8.58. The lowest BCUT2D eigenvalue weighted by molar-refractivity contribution is 0.151. The van der Waals surface area contributed by atoms with Gasteiger partial charge in [0.15, 0.2) is 5.76 Å². The fraction of sp³-hybridized carbons (Fsp3) is 0.522. The topological polar surface area (TPSA) is 85.4 Å². The average Bonchev–Trinajstić information content (AvgIpc) is 3.49. The first kappa shape index (κ1) is 23.8. The molecule has 0 spiro atoms. The van der Waals surface area contributed by atoms with Gasteiger partial charge in [-0.15, -0.1) is 11.3 Å². The summed E-state index contributed by atoms with van der Waals surface area (Å²) in [6.07, 6.45) is 2.09. The van der Waals surface area contributed by atoms with Crippen molar-refractivity contribution in [3.8, 4) is 16.5 Å². The summed E-state index contributed by atoms with van der Waals surface area (Å²) in [7, 11) is 0. The first-order valence-corrected chi connectivity index (χ1v) is 12.5. The van der Waals surface area contributed by atoms with E-state index in [1.165, 1.54) is 11.3 Å². The quantitative estimate of drug-likeness (QED) is 0.493. The zero-order valence-electron chi connectivity index (χ0n) is 19.4. The minimum absolute atomic E-state index is 0.116. The Morgan fingerprint density at radius 3 is 2.76 bits per heavy atom. The third-order valence-corrected chi connectivity index (χ3v) is 7.19. The molecule has 33 heavy (non-hydrogen) atoms. The second-order valence-corrected chi connectivity index (χ2v) is 10.3. The highest BCUT2D eigenvalue weighted by atomic mass is 35.5. The molecule has 8 nitrogen and oxygen atoms in total. The molecule has 0 saturated carbocycles. The third-order valence-electron chi connectivity index (χ3n) is 5.95. The van der Waals surface area contributed by atoms with Gasteiger partial charge in [0.2, 0.25) is 5.88 Å². The molecule has 0 aliphatic carbocycles. The summed E-state index contributed by atoms with van der Waals surface area (Å²) in [5, 5.41) is 7.22. The van der Waals surface area contributed by atoms with Gasteiger partial charge in [0.05, 0.1) is 15.8 Å². The van der Waals surface area contributed by atoms with E-state index in [-0.39, 0.29) is 6.04 Å². The molecule has 4 rings (SSSR count). The van der Waals surface area contributed by atoms with Crippen LogP contribution in [0.5, 0.6) is 5.88 Å². The van der Waals surface area contributed by atoms with Gasteiger partial charge >= 0.3 is 6.09 Å². The zero-order chi connectivity index (χ0) is 23.5. The van der Waals surface area contributed by atoms with Crippen molar-refractivity contribution in [2.75, 3.05) is 13.1 Å². The van der Waals surface area contributed by atoms with E-state index in [2.05, 4.69) is 34.2 Å². The number of ether oxygens (including phenoxy) is 1. The van der Waals surface area contributed by atoms with Crippen molar-refractivity contribution in [3.63, 3.8) is 0 Å². The van der Waals surface area contributed by atoms with Crippen molar-refractivity contribution in [2.45, 2.75) is 65.6 Å². The van der Waals surface area contributed by atoms with Crippen molar-refractivity contribution < 1.29 is 14.1 Å². The minimum Gasteiger partial charge on any atom is -0.391 e. The van der Waals surface area contributed by atoms with Gasteiger partial charge in [-0.05, 0) is 45.7 Å². The van der Waals surface area contributed by atoms with E-state index < -0.39 is 6.09 Å². The molecule has 4 heterocycles. The number of amides is 1. The Labute approximate surface area is 202 Å². The van der Waals surface area contributed by atoms with Crippen molar-refractivity contribution in [2.24, 2.45) is 0 Å². The number of thiophene rings is 1. The Hall–Kier alpha value is -2.36. The molecule has 1 saturated heterocycles. The molecule has 1 amide bonds. The number of rotatable bonds is 7. The van der Waals surface area contributed by atoms with Crippen LogP contribution < -0.4 is 10.1 Å². The summed E-state index contributed by atoms with van der Waals surface area (Å²) in [5.74, 6) is 1.92. The van der Waals surface area contributed by atoms with Gasteiger partial charge in [-0.2, -0.15) is 0 Å². The average molecular weight is 492 g/mol. The number of carbonyl (C=O) groups is 1. The van der Waals surface area contributed by atoms with Crippen LogP contribution in [0.15, 0.2) is 22.7 Å². The molecule has 0 aromatic carbocycles. The molecular formula is C23H30ClN5O3S. The number of carbonyl (C=O) groups excluding carboxylic acids is 1. The van der Waals surface area contributed by atoms with Crippen LogP contribution in [-0.4, -0.2) is 50.9 Å². The van der Waals surface area contributed by atoms with Gasteiger partial charge in [-0.25, -0.2) is 9.78 Å². The fourth-order valence-corrected chi connectivity index (χ4v) is 5.12. The molecule has 0 unspecified atom stereocenters. The molecule has 0 bridgehead atoms. The number of hydrogen-bond donors (Lipinski definition) is 1. The number of likely N-dealkylation sites (tertiary alicyclic amines) is 1. The smallest absolute Gasteiger partial charge is 0.391 e. The predicted molar refractivity (Wildman–Crippen MR) is 129 cm³/mol. The van der Waals surface area contributed by atoms with E-state index in [4.69, 9.17) is 20.9 Å². The number of nitrogens with zero attached hydrogens (tertiary/aromatic N) is 4. The lowest BCUT2D eigenvalue weighted by Crippen LogP contribution is -2.47. The Bertz CT molecular complexity index is 1100. The first-order chi connectivity index (χ1) is 15.8. The number of nitrogens with one attached hydrogen (secondary N) is 1. The number of halogens is 1. The van der Waals surface area contributed by atoms with Crippen molar-refractivity contribution >= 4 is 29.0 Å². The Kier molecular flexibility index (Phi) is 7.41. The molecular weight excluding hydrogens is 462 g/mol. The van der Waals surface area contributed by atoms with E-state index in [0.717, 1.165) is 36.6 Å². The molecule has 1 aliphatic rings. The zero-order valence-corrected chi connectivity index (χ0v) is 21.0. The molecule has 3 aromatic heterocycles. The largest absolute Gasteiger partial charge is 0.414 e. The molecule has 1 N–H and O–H groups in total. The predicted octanol–water partition coefficient (Wildman–Crippen LogP) is 5.13. The van der Waals surface area contributed by atoms with E-state index in [9.17, 15) is 4.79 Å². The van der Waals surface area contributed by atoms with Gasteiger partial charge < -0.3 is 19.5 Å². The Morgan fingerprint density at radius 2 is 2.12 bits per heavy atom. The highest BCUT2D eigenvalue weighted by Crippen LogP contribution is 2.32. The summed E-state index contributed by atoms with van der Waals surface area (Å²) in [6.45, 7) is 10.6. The Balaban J connectivity index is 1.44.